The Hall–Kier alpha value is -2.64. The van der Waals surface area contributed by atoms with Crippen molar-refractivity contribution in [2.24, 2.45) is 5.92 Å². The lowest BCUT2D eigenvalue weighted by atomic mass is 9.71. The van der Waals surface area contributed by atoms with Crippen molar-refractivity contribution in [3.63, 3.8) is 0 Å². The summed E-state index contributed by atoms with van der Waals surface area (Å²) in [6.07, 6.45) is 3.39. The van der Waals surface area contributed by atoms with Crippen LogP contribution in [0.5, 0.6) is 0 Å². The first kappa shape index (κ1) is 32.7. The number of piperidine rings is 2. The zero-order valence-electron chi connectivity index (χ0n) is 27.9. The lowest BCUT2D eigenvalue weighted by Gasteiger charge is -2.47. The number of aryl methyl sites for hydroxylation is 2. The smallest absolute Gasteiger partial charge is 0.227 e. The normalized spacial score (nSPS) is 24.0. The fourth-order valence-corrected chi connectivity index (χ4v) is 8.17. The Balaban J connectivity index is 1.40. The number of benzene rings is 2. The van der Waals surface area contributed by atoms with Gasteiger partial charge in [0.15, 0.2) is 0 Å². The molecule has 1 spiro atoms. The van der Waals surface area contributed by atoms with Crippen LogP contribution >= 0.6 is 0 Å². The van der Waals surface area contributed by atoms with E-state index >= 15 is 4.39 Å². The van der Waals surface area contributed by atoms with Gasteiger partial charge < -0.3 is 10.2 Å². The summed E-state index contributed by atoms with van der Waals surface area (Å²) in [5.41, 5.74) is 5.38. The molecule has 1 aliphatic carbocycles. The van der Waals surface area contributed by atoms with Gasteiger partial charge in [0.25, 0.3) is 0 Å². The highest BCUT2D eigenvalue weighted by Crippen LogP contribution is 2.55. The summed E-state index contributed by atoms with van der Waals surface area (Å²) < 4.78 is 28.9. The topological polar surface area (TPSA) is 52.7 Å². The van der Waals surface area contributed by atoms with Gasteiger partial charge in [-0.1, -0.05) is 18.2 Å². The predicted molar refractivity (Wildman–Crippen MR) is 172 cm³/mol. The number of amides is 1. The van der Waals surface area contributed by atoms with Crippen molar-refractivity contribution >= 4 is 11.7 Å². The van der Waals surface area contributed by atoms with Crippen molar-refractivity contribution in [1.82, 2.24) is 15.1 Å². The van der Waals surface area contributed by atoms with Crippen molar-refractivity contribution in [3.8, 4) is 0 Å². The molecule has 1 unspecified atom stereocenters. The average Bonchev–Trinajstić information content (AvgIpc) is 3.25. The molecule has 2 aliphatic heterocycles. The standard InChI is InChI=1S/C37H51F2N3O2/c1-23-17-29-31(18-24(23)2)37(20-32(29)36(7,8)40-21-25(3)43)12-15-41(16-13-37)34(44)30-22-42(35(4,5)6)14-11-27(30)28-10-9-26(38)19-33(28)39/h9-10,17-19,27,30,32,40H,11-16,20-22H2,1-8H3/t27-,30+,32?/m0/s1. The van der Waals surface area contributed by atoms with Crippen LogP contribution < -0.4 is 5.32 Å². The molecule has 2 aromatic rings. The molecule has 240 valence electrons. The predicted octanol–water partition coefficient (Wildman–Crippen LogP) is 6.79. The molecule has 1 N–H and O–H groups in total. The zero-order chi connectivity index (χ0) is 32.2. The van der Waals surface area contributed by atoms with Crippen molar-refractivity contribution < 1.29 is 18.4 Å². The van der Waals surface area contributed by atoms with Gasteiger partial charge in [0.05, 0.1) is 12.5 Å². The first-order chi connectivity index (χ1) is 20.5. The van der Waals surface area contributed by atoms with E-state index in [1.54, 1.807) is 6.92 Å². The van der Waals surface area contributed by atoms with E-state index in [0.29, 0.717) is 38.2 Å². The Morgan fingerprint density at radius 2 is 1.61 bits per heavy atom. The number of hydrogen-bond donors (Lipinski definition) is 1. The van der Waals surface area contributed by atoms with Crippen molar-refractivity contribution in [2.75, 3.05) is 32.7 Å². The number of fused-ring (bicyclic) bond motifs is 2. The van der Waals surface area contributed by atoms with Crippen molar-refractivity contribution in [2.45, 2.75) is 109 Å². The Bertz CT molecular complexity index is 1420. The van der Waals surface area contributed by atoms with Crippen LogP contribution in [0.15, 0.2) is 30.3 Å². The van der Waals surface area contributed by atoms with Gasteiger partial charge in [0, 0.05) is 48.6 Å². The van der Waals surface area contributed by atoms with Crippen LogP contribution in [0.3, 0.4) is 0 Å². The number of Topliss-reactive ketones (excluding diaryl/α,β-unsaturated/α-hetero) is 1. The molecule has 7 heteroatoms. The number of ketones is 1. The maximum Gasteiger partial charge on any atom is 0.227 e. The number of carbonyl (C=O) groups is 2. The molecule has 0 aromatic heterocycles. The molecular formula is C37H51F2N3O2. The van der Waals surface area contributed by atoms with Crippen LogP contribution in [0.25, 0.3) is 0 Å². The largest absolute Gasteiger partial charge is 0.342 e. The molecule has 2 fully saturated rings. The number of carbonyl (C=O) groups excluding carboxylic acids is 2. The van der Waals surface area contributed by atoms with Crippen LogP contribution in [0, 0.1) is 31.4 Å². The minimum absolute atomic E-state index is 0.0309. The number of hydrogen-bond acceptors (Lipinski definition) is 4. The highest BCUT2D eigenvalue weighted by atomic mass is 19.1. The summed E-state index contributed by atoms with van der Waals surface area (Å²) in [7, 11) is 0. The van der Waals surface area contributed by atoms with E-state index in [1.807, 2.05) is 4.90 Å². The lowest BCUT2D eigenvalue weighted by Crippen LogP contribution is -2.55. The van der Waals surface area contributed by atoms with Gasteiger partial charge >= 0.3 is 0 Å². The Morgan fingerprint density at radius 3 is 2.23 bits per heavy atom. The third kappa shape index (κ3) is 6.24. The summed E-state index contributed by atoms with van der Waals surface area (Å²) in [4.78, 5) is 30.6. The molecule has 44 heavy (non-hydrogen) atoms. The fraction of sp³-hybridized carbons (Fsp3) is 0.622. The van der Waals surface area contributed by atoms with Gasteiger partial charge in [-0.15, -0.1) is 0 Å². The highest BCUT2D eigenvalue weighted by molar-refractivity contribution is 5.80. The molecule has 0 saturated carbocycles. The first-order valence-corrected chi connectivity index (χ1v) is 16.4. The number of likely N-dealkylation sites (tertiary alicyclic amines) is 2. The van der Waals surface area contributed by atoms with Gasteiger partial charge in [-0.2, -0.15) is 0 Å². The molecule has 3 aliphatic rings. The van der Waals surface area contributed by atoms with E-state index in [2.05, 4.69) is 70.8 Å². The molecule has 2 saturated heterocycles. The van der Waals surface area contributed by atoms with Crippen LogP contribution in [-0.2, 0) is 15.0 Å². The van der Waals surface area contributed by atoms with Gasteiger partial charge in [0.1, 0.15) is 17.4 Å². The molecule has 0 bridgehead atoms. The Kier molecular flexibility index (Phi) is 8.89. The second kappa shape index (κ2) is 11.9. The van der Waals surface area contributed by atoms with Gasteiger partial charge in [-0.3, -0.25) is 14.5 Å². The summed E-state index contributed by atoms with van der Waals surface area (Å²) in [6.45, 7) is 19.8. The molecule has 5 nitrogen and oxygen atoms in total. The summed E-state index contributed by atoms with van der Waals surface area (Å²) >= 11 is 0. The van der Waals surface area contributed by atoms with E-state index in [9.17, 15) is 14.0 Å². The van der Waals surface area contributed by atoms with Gasteiger partial charge in [0.2, 0.25) is 5.91 Å². The third-order valence-electron chi connectivity index (χ3n) is 11.1. The fourth-order valence-electron chi connectivity index (χ4n) is 8.17. The van der Waals surface area contributed by atoms with Gasteiger partial charge in [-0.25, -0.2) is 8.78 Å². The summed E-state index contributed by atoms with van der Waals surface area (Å²) in [5, 5.41) is 3.54. The zero-order valence-corrected chi connectivity index (χ0v) is 27.9. The molecule has 3 atom stereocenters. The lowest BCUT2D eigenvalue weighted by molar-refractivity contribution is -0.140. The van der Waals surface area contributed by atoms with Crippen LogP contribution in [0.4, 0.5) is 8.78 Å². The quantitative estimate of drug-likeness (QED) is 0.393. The number of nitrogens with zero attached hydrogens (tertiary/aromatic N) is 2. The third-order valence-corrected chi connectivity index (χ3v) is 11.1. The van der Waals surface area contributed by atoms with E-state index in [1.165, 1.54) is 34.4 Å². The van der Waals surface area contributed by atoms with E-state index in [0.717, 1.165) is 31.9 Å². The molecular weight excluding hydrogens is 556 g/mol. The second-order valence-corrected chi connectivity index (χ2v) is 15.4. The maximum absolute atomic E-state index is 15.1. The Labute approximate surface area is 262 Å². The number of nitrogens with one attached hydrogen (secondary N) is 1. The molecule has 2 aromatic carbocycles. The average molecular weight is 608 g/mol. The van der Waals surface area contributed by atoms with Crippen molar-refractivity contribution in [1.29, 1.82) is 0 Å². The van der Waals surface area contributed by atoms with Crippen LogP contribution in [0.1, 0.15) is 107 Å². The monoisotopic (exact) mass is 607 g/mol. The van der Waals surface area contributed by atoms with Crippen molar-refractivity contribution in [3.05, 3.63) is 69.8 Å². The maximum atomic E-state index is 15.1. The minimum Gasteiger partial charge on any atom is -0.342 e. The van der Waals surface area contributed by atoms with Crippen LogP contribution in [-0.4, -0.2) is 65.3 Å². The SMILES string of the molecule is CC(=O)CNC(C)(C)C1CC2(CCN(C(=O)[C@@H]3CN(C(C)(C)C)CC[C@H]3c3ccc(F)cc3F)CC2)c2cc(C)c(C)cc21. The van der Waals surface area contributed by atoms with Crippen LogP contribution in [0.2, 0.25) is 0 Å². The molecule has 2 heterocycles. The summed E-state index contributed by atoms with van der Waals surface area (Å²) in [5.74, 6) is -1.36. The van der Waals surface area contributed by atoms with E-state index in [-0.39, 0.29) is 45.9 Å². The summed E-state index contributed by atoms with van der Waals surface area (Å²) in [6, 6.07) is 8.52. The van der Waals surface area contributed by atoms with Gasteiger partial charge in [-0.05, 0) is 127 Å². The highest BCUT2D eigenvalue weighted by Gasteiger charge is 2.51. The molecule has 0 radical (unpaired) electrons. The molecule has 5 rings (SSSR count). The Morgan fingerprint density at radius 1 is 0.955 bits per heavy atom. The molecule has 1 amide bonds. The number of halogens is 2. The second-order valence-electron chi connectivity index (χ2n) is 15.4. The first-order valence-electron chi connectivity index (χ1n) is 16.4. The minimum atomic E-state index is -0.595. The van der Waals surface area contributed by atoms with E-state index in [4.69, 9.17) is 0 Å². The van der Waals surface area contributed by atoms with E-state index < -0.39 is 11.6 Å². The number of rotatable bonds is 6.